The zero-order valence-corrected chi connectivity index (χ0v) is 13.6. The van der Waals surface area contributed by atoms with Gasteiger partial charge in [0.25, 0.3) is 0 Å². The van der Waals surface area contributed by atoms with E-state index in [-0.39, 0.29) is 0 Å². The first-order valence-electron chi connectivity index (χ1n) is 6.37. The van der Waals surface area contributed by atoms with Crippen LogP contribution in [0.1, 0.15) is 25.2 Å². The maximum absolute atomic E-state index is 5.75. The van der Waals surface area contributed by atoms with Crippen LogP contribution < -0.4 is 5.73 Å². The number of anilines is 1. The van der Waals surface area contributed by atoms with Gasteiger partial charge in [0.15, 0.2) is 0 Å². The molecule has 0 radical (unpaired) electrons. The molecular formula is C14H18BrN3S. The molecule has 2 aromatic rings. The quantitative estimate of drug-likeness (QED) is 0.658. The number of aromatic nitrogens is 2. The highest BCUT2D eigenvalue weighted by Crippen LogP contribution is 2.31. The predicted octanol–water partition coefficient (Wildman–Crippen LogP) is 4.10. The first kappa shape index (κ1) is 14.5. The second-order valence-electron chi connectivity index (χ2n) is 4.27. The summed E-state index contributed by atoms with van der Waals surface area (Å²) in [6.45, 7) is 5.17. The minimum Gasteiger partial charge on any atom is -0.399 e. The monoisotopic (exact) mass is 339 g/mol. The molecule has 5 heteroatoms. The number of nitrogens with two attached hydrogens (primary N) is 1. The van der Waals surface area contributed by atoms with Crippen LogP contribution in [0.25, 0.3) is 0 Å². The van der Waals surface area contributed by atoms with E-state index >= 15 is 0 Å². The second kappa shape index (κ2) is 6.48. The van der Waals surface area contributed by atoms with Crippen molar-refractivity contribution in [2.24, 2.45) is 0 Å². The number of halogens is 1. The molecule has 1 aromatic heterocycles. The van der Waals surface area contributed by atoms with Crippen LogP contribution in [0, 0.1) is 0 Å². The molecule has 19 heavy (non-hydrogen) atoms. The molecule has 0 aliphatic carbocycles. The number of aryl methyl sites for hydroxylation is 2. The SMILES string of the molecule is CCc1cc(CSc2ccc(N)cc2Br)n(CC)n1. The van der Waals surface area contributed by atoms with Gasteiger partial charge in [-0.05, 0) is 53.5 Å². The van der Waals surface area contributed by atoms with Crippen LogP contribution in [-0.2, 0) is 18.7 Å². The fourth-order valence-electron chi connectivity index (χ4n) is 1.86. The normalized spacial score (nSPS) is 10.9. The van der Waals surface area contributed by atoms with Crippen molar-refractivity contribution >= 4 is 33.4 Å². The van der Waals surface area contributed by atoms with Crippen molar-refractivity contribution < 1.29 is 0 Å². The molecule has 2 N–H and O–H groups in total. The Morgan fingerprint density at radius 2 is 2.11 bits per heavy atom. The summed E-state index contributed by atoms with van der Waals surface area (Å²) in [5.41, 5.74) is 8.96. The molecule has 0 spiro atoms. The van der Waals surface area contributed by atoms with E-state index < -0.39 is 0 Å². The van der Waals surface area contributed by atoms with Gasteiger partial charge in [-0.25, -0.2) is 0 Å². The van der Waals surface area contributed by atoms with Crippen LogP contribution >= 0.6 is 27.7 Å². The van der Waals surface area contributed by atoms with Crippen molar-refractivity contribution in [2.45, 2.75) is 37.5 Å². The van der Waals surface area contributed by atoms with Gasteiger partial charge in [-0.15, -0.1) is 11.8 Å². The third kappa shape index (κ3) is 3.54. The van der Waals surface area contributed by atoms with Crippen LogP contribution in [0.5, 0.6) is 0 Å². The maximum Gasteiger partial charge on any atom is 0.0625 e. The van der Waals surface area contributed by atoms with Gasteiger partial charge in [0.2, 0.25) is 0 Å². The Hall–Kier alpha value is -0.940. The third-order valence-electron chi connectivity index (χ3n) is 2.91. The number of hydrogen-bond donors (Lipinski definition) is 1. The number of hydrogen-bond acceptors (Lipinski definition) is 3. The molecule has 1 aromatic carbocycles. The second-order valence-corrected chi connectivity index (χ2v) is 6.15. The highest BCUT2D eigenvalue weighted by Gasteiger charge is 2.08. The van der Waals surface area contributed by atoms with Gasteiger partial charge in [0.1, 0.15) is 0 Å². The number of benzene rings is 1. The Morgan fingerprint density at radius 3 is 2.74 bits per heavy atom. The van der Waals surface area contributed by atoms with Crippen molar-refractivity contribution in [3.05, 3.63) is 40.1 Å². The summed E-state index contributed by atoms with van der Waals surface area (Å²) in [5, 5.41) is 4.57. The maximum atomic E-state index is 5.75. The largest absolute Gasteiger partial charge is 0.399 e. The lowest BCUT2D eigenvalue weighted by Crippen LogP contribution is -2.01. The van der Waals surface area contributed by atoms with Gasteiger partial charge >= 0.3 is 0 Å². The molecule has 0 fully saturated rings. The van der Waals surface area contributed by atoms with Gasteiger partial charge in [0, 0.05) is 33.0 Å². The molecule has 0 aliphatic rings. The van der Waals surface area contributed by atoms with E-state index in [1.54, 1.807) is 11.8 Å². The van der Waals surface area contributed by atoms with Crippen LogP contribution in [-0.4, -0.2) is 9.78 Å². The topological polar surface area (TPSA) is 43.8 Å². The Kier molecular flexibility index (Phi) is 4.93. The first-order chi connectivity index (χ1) is 9.13. The van der Waals surface area contributed by atoms with Crippen LogP contribution in [0.2, 0.25) is 0 Å². The van der Waals surface area contributed by atoms with E-state index in [1.165, 1.54) is 10.6 Å². The van der Waals surface area contributed by atoms with Crippen molar-refractivity contribution in [3.63, 3.8) is 0 Å². The molecule has 102 valence electrons. The molecule has 0 unspecified atom stereocenters. The Balaban J connectivity index is 2.11. The van der Waals surface area contributed by atoms with Crippen LogP contribution in [0.3, 0.4) is 0 Å². The summed E-state index contributed by atoms with van der Waals surface area (Å²) in [4.78, 5) is 1.20. The third-order valence-corrected chi connectivity index (χ3v) is 4.93. The van der Waals surface area contributed by atoms with E-state index in [1.807, 2.05) is 12.1 Å². The van der Waals surface area contributed by atoms with Crippen molar-refractivity contribution in [3.8, 4) is 0 Å². The Labute approximate surface area is 126 Å². The number of thioether (sulfide) groups is 1. The Bertz CT molecular complexity index is 566. The lowest BCUT2D eigenvalue weighted by molar-refractivity contribution is 0.628. The molecule has 0 aliphatic heterocycles. The summed E-state index contributed by atoms with van der Waals surface area (Å²) in [6, 6.07) is 8.12. The molecule has 0 bridgehead atoms. The molecule has 0 atom stereocenters. The molecule has 2 rings (SSSR count). The van der Waals surface area contributed by atoms with Crippen LogP contribution in [0.15, 0.2) is 33.6 Å². The van der Waals surface area contributed by atoms with E-state index in [4.69, 9.17) is 5.73 Å². The average Bonchev–Trinajstić information content (AvgIpc) is 2.80. The van der Waals surface area contributed by atoms with Gasteiger partial charge < -0.3 is 5.73 Å². The minimum absolute atomic E-state index is 0.781. The lowest BCUT2D eigenvalue weighted by atomic mass is 10.3. The molecule has 0 amide bonds. The molecule has 3 nitrogen and oxygen atoms in total. The fourth-order valence-corrected chi connectivity index (χ4v) is 3.50. The van der Waals surface area contributed by atoms with Crippen molar-refractivity contribution in [2.75, 3.05) is 5.73 Å². The average molecular weight is 340 g/mol. The highest BCUT2D eigenvalue weighted by molar-refractivity contribution is 9.10. The summed E-state index contributed by atoms with van der Waals surface area (Å²) in [5.74, 6) is 0.920. The van der Waals surface area contributed by atoms with Gasteiger partial charge in [0.05, 0.1) is 5.69 Å². The number of nitrogen functional groups attached to an aromatic ring is 1. The highest BCUT2D eigenvalue weighted by atomic mass is 79.9. The summed E-state index contributed by atoms with van der Waals surface area (Å²) < 4.78 is 3.13. The van der Waals surface area contributed by atoms with Crippen LogP contribution in [0.4, 0.5) is 5.69 Å². The Morgan fingerprint density at radius 1 is 1.32 bits per heavy atom. The molecule has 0 saturated heterocycles. The molecular weight excluding hydrogens is 322 g/mol. The van der Waals surface area contributed by atoms with Gasteiger partial charge in [-0.3, -0.25) is 4.68 Å². The van der Waals surface area contributed by atoms with E-state index in [2.05, 4.69) is 51.7 Å². The predicted molar refractivity (Wildman–Crippen MR) is 85.4 cm³/mol. The number of rotatable bonds is 5. The summed E-state index contributed by atoms with van der Waals surface area (Å²) >= 11 is 5.35. The zero-order valence-electron chi connectivity index (χ0n) is 11.2. The van der Waals surface area contributed by atoms with E-state index in [0.717, 1.165) is 34.6 Å². The fraction of sp³-hybridized carbons (Fsp3) is 0.357. The smallest absolute Gasteiger partial charge is 0.0625 e. The first-order valence-corrected chi connectivity index (χ1v) is 8.15. The van der Waals surface area contributed by atoms with E-state index in [0.29, 0.717) is 0 Å². The van der Waals surface area contributed by atoms with Crippen molar-refractivity contribution in [1.82, 2.24) is 9.78 Å². The van der Waals surface area contributed by atoms with E-state index in [9.17, 15) is 0 Å². The minimum atomic E-state index is 0.781. The number of nitrogens with zero attached hydrogens (tertiary/aromatic N) is 2. The summed E-state index contributed by atoms with van der Waals surface area (Å²) in [6.07, 6.45) is 0.982. The molecule has 0 saturated carbocycles. The molecule has 1 heterocycles. The standard InChI is InChI=1S/C14H18BrN3S/c1-3-11-8-12(18(4-2)17-11)9-19-14-6-5-10(16)7-13(14)15/h5-8H,3-4,9,16H2,1-2H3. The summed E-state index contributed by atoms with van der Waals surface area (Å²) in [7, 11) is 0. The van der Waals surface area contributed by atoms with Crippen molar-refractivity contribution in [1.29, 1.82) is 0 Å². The van der Waals surface area contributed by atoms with Gasteiger partial charge in [-0.1, -0.05) is 6.92 Å². The zero-order chi connectivity index (χ0) is 13.8. The lowest BCUT2D eigenvalue weighted by Gasteiger charge is -2.06. The van der Waals surface area contributed by atoms with Gasteiger partial charge in [-0.2, -0.15) is 5.10 Å².